The lowest BCUT2D eigenvalue weighted by molar-refractivity contribution is -0.124. The number of hydrogen-bond donors (Lipinski definition) is 0. The van der Waals surface area contributed by atoms with Crippen LogP contribution in [0, 0.1) is 5.41 Å². The van der Waals surface area contributed by atoms with Crippen LogP contribution in [-0.2, 0) is 4.79 Å². The number of hydrogen-bond acceptors (Lipinski definition) is 4. The molecule has 0 aliphatic carbocycles. The molecule has 2 fully saturated rings. The first-order valence-corrected chi connectivity index (χ1v) is 7.74. The molecule has 6 nitrogen and oxygen atoms in total. The van der Waals surface area contributed by atoms with Crippen molar-refractivity contribution in [2.45, 2.75) is 12.8 Å². The molecule has 1 spiro atoms. The second-order valence-corrected chi connectivity index (χ2v) is 6.15. The lowest BCUT2D eigenvalue weighted by Gasteiger charge is -2.23. The number of furan rings is 1. The normalized spacial score (nSPS) is 23.9. The van der Waals surface area contributed by atoms with E-state index in [1.807, 2.05) is 12.1 Å². The van der Waals surface area contributed by atoms with Gasteiger partial charge in [0.25, 0.3) is 5.91 Å². The molecular weight excluding hydrogens is 294 g/mol. The zero-order chi connectivity index (χ0) is 15.9. The average molecular weight is 311 g/mol. The quantitative estimate of drug-likeness (QED) is 0.850. The fourth-order valence-corrected chi connectivity index (χ4v) is 3.56. The maximum Gasteiger partial charge on any atom is 0.289 e. The predicted molar refractivity (Wildman–Crippen MR) is 82.9 cm³/mol. The molecule has 0 radical (unpaired) electrons. The van der Waals surface area contributed by atoms with E-state index in [-0.39, 0.29) is 11.8 Å². The summed E-state index contributed by atoms with van der Waals surface area (Å²) in [6, 6.07) is 7.08. The highest BCUT2D eigenvalue weighted by Gasteiger charge is 2.52. The van der Waals surface area contributed by atoms with Crippen LogP contribution in [0.2, 0.25) is 0 Å². The zero-order valence-corrected chi connectivity index (χ0v) is 12.6. The molecule has 118 valence electrons. The number of carbonyl (C=O) groups excluding carboxylic acids is 2. The van der Waals surface area contributed by atoms with E-state index in [2.05, 4.69) is 4.98 Å². The Morgan fingerprint density at radius 3 is 2.83 bits per heavy atom. The molecule has 23 heavy (non-hydrogen) atoms. The number of likely N-dealkylation sites (tertiary alicyclic amines) is 1. The van der Waals surface area contributed by atoms with Crippen LogP contribution in [0.15, 0.2) is 47.3 Å². The number of amides is 2. The van der Waals surface area contributed by atoms with Gasteiger partial charge in [-0.2, -0.15) is 0 Å². The Bertz CT molecular complexity index is 729. The second kappa shape index (κ2) is 5.22. The molecule has 4 rings (SSSR count). The van der Waals surface area contributed by atoms with E-state index >= 15 is 0 Å². The van der Waals surface area contributed by atoms with Gasteiger partial charge in [-0.25, -0.2) is 0 Å². The van der Waals surface area contributed by atoms with E-state index in [0.29, 0.717) is 31.8 Å². The van der Waals surface area contributed by atoms with Gasteiger partial charge < -0.3 is 14.2 Å². The summed E-state index contributed by atoms with van der Waals surface area (Å²) < 4.78 is 5.18. The van der Waals surface area contributed by atoms with Crippen molar-refractivity contribution in [2.24, 2.45) is 5.41 Å². The van der Waals surface area contributed by atoms with Crippen LogP contribution in [0.1, 0.15) is 23.4 Å². The summed E-state index contributed by atoms with van der Waals surface area (Å²) >= 11 is 0. The molecule has 6 heteroatoms. The number of pyridine rings is 1. The van der Waals surface area contributed by atoms with E-state index in [4.69, 9.17) is 4.42 Å². The van der Waals surface area contributed by atoms with Crippen molar-refractivity contribution >= 4 is 17.5 Å². The average Bonchev–Trinajstić information content (AvgIpc) is 3.31. The summed E-state index contributed by atoms with van der Waals surface area (Å²) in [6.07, 6.45) is 6.36. The van der Waals surface area contributed by atoms with E-state index < -0.39 is 5.41 Å². The zero-order valence-electron chi connectivity index (χ0n) is 12.6. The van der Waals surface area contributed by atoms with Crippen molar-refractivity contribution in [1.29, 1.82) is 0 Å². The Hall–Kier alpha value is -2.63. The van der Waals surface area contributed by atoms with Gasteiger partial charge in [-0.3, -0.25) is 14.6 Å². The highest BCUT2D eigenvalue weighted by molar-refractivity contribution is 6.01. The van der Waals surface area contributed by atoms with Crippen LogP contribution in [-0.4, -0.2) is 41.3 Å². The van der Waals surface area contributed by atoms with Crippen LogP contribution in [0.4, 0.5) is 5.69 Å². The van der Waals surface area contributed by atoms with Gasteiger partial charge in [0.2, 0.25) is 5.91 Å². The standard InChI is InChI=1S/C17H17N3O3/c21-15(14-4-2-10-23-14)19-8-5-17(12-19)6-9-20(16(17)22)13-3-1-7-18-11-13/h1-4,7,10-11H,5-6,8-9,12H2/t17-/m1/s1. The van der Waals surface area contributed by atoms with Gasteiger partial charge in [-0.15, -0.1) is 0 Å². The summed E-state index contributed by atoms with van der Waals surface area (Å²) in [4.78, 5) is 32.9. The van der Waals surface area contributed by atoms with Crippen LogP contribution < -0.4 is 4.90 Å². The molecule has 0 saturated carbocycles. The van der Waals surface area contributed by atoms with E-state index in [0.717, 1.165) is 12.1 Å². The van der Waals surface area contributed by atoms with Gasteiger partial charge >= 0.3 is 0 Å². The fraction of sp³-hybridized carbons (Fsp3) is 0.353. The lowest BCUT2D eigenvalue weighted by Crippen LogP contribution is -2.38. The Morgan fingerprint density at radius 1 is 1.22 bits per heavy atom. The third-order valence-electron chi connectivity index (χ3n) is 4.84. The van der Waals surface area contributed by atoms with Crippen LogP contribution in [0.25, 0.3) is 0 Å². The maximum absolute atomic E-state index is 12.9. The lowest BCUT2D eigenvalue weighted by atomic mass is 9.85. The Balaban J connectivity index is 1.53. The summed E-state index contributed by atoms with van der Waals surface area (Å²) in [5, 5.41) is 0. The summed E-state index contributed by atoms with van der Waals surface area (Å²) in [5.74, 6) is 0.288. The molecule has 1 atom stereocenters. The number of nitrogens with zero attached hydrogens (tertiary/aromatic N) is 3. The van der Waals surface area contributed by atoms with Gasteiger partial charge in [0.1, 0.15) is 0 Å². The van der Waals surface area contributed by atoms with Crippen molar-refractivity contribution < 1.29 is 14.0 Å². The van der Waals surface area contributed by atoms with Crippen molar-refractivity contribution in [2.75, 3.05) is 24.5 Å². The molecule has 0 aromatic carbocycles. The number of carbonyl (C=O) groups is 2. The number of anilines is 1. The minimum Gasteiger partial charge on any atom is -0.459 e. The molecule has 0 unspecified atom stereocenters. The van der Waals surface area contributed by atoms with Gasteiger partial charge in [-0.1, -0.05) is 0 Å². The predicted octanol–water partition coefficient (Wildman–Crippen LogP) is 1.94. The van der Waals surface area contributed by atoms with E-state index in [1.165, 1.54) is 6.26 Å². The summed E-state index contributed by atoms with van der Waals surface area (Å²) in [7, 11) is 0. The van der Waals surface area contributed by atoms with Gasteiger partial charge in [0, 0.05) is 25.8 Å². The monoisotopic (exact) mass is 311 g/mol. The molecular formula is C17H17N3O3. The van der Waals surface area contributed by atoms with Crippen LogP contribution in [0.3, 0.4) is 0 Å². The van der Waals surface area contributed by atoms with Gasteiger partial charge in [-0.05, 0) is 37.1 Å². The molecule has 4 heterocycles. The van der Waals surface area contributed by atoms with Gasteiger partial charge in [0.05, 0.1) is 23.6 Å². The third kappa shape index (κ3) is 2.21. The summed E-state index contributed by atoms with van der Waals surface area (Å²) in [5.41, 5.74) is 0.364. The first-order chi connectivity index (χ1) is 11.2. The molecule has 2 aliphatic heterocycles. The third-order valence-corrected chi connectivity index (χ3v) is 4.84. The fourth-order valence-electron chi connectivity index (χ4n) is 3.56. The highest BCUT2D eigenvalue weighted by atomic mass is 16.3. The van der Waals surface area contributed by atoms with Crippen molar-refractivity contribution in [3.63, 3.8) is 0 Å². The first kappa shape index (κ1) is 14.0. The largest absolute Gasteiger partial charge is 0.459 e. The SMILES string of the molecule is O=C(c1ccco1)N1CC[C@@]2(CCN(c3cccnc3)C2=O)C1. The maximum atomic E-state index is 12.9. The van der Waals surface area contributed by atoms with Crippen LogP contribution in [0.5, 0.6) is 0 Å². The smallest absolute Gasteiger partial charge is 0.289 e. The van der Waals surface area contributed by atoms with Crippen molar-refractivity contribution in [3.8, 4) is 0 Å². The molecule has 2 aromatic rings. The number of aromatic nitrogens is 1. The molecule has 2 aromatic heterocycles. The second-order valence-electron chi connectivity index (χ2n) is 6.15. The molecule has 0 bridgehead atoms. The molecule has 2 amide bonds. The number of rotatable bonds is 2. The molecule has 2 saturated heterocycles. The van der Waals surface area contributed by atoms with Gasteiger partial charge in [0.15, 0.2) is 5.76 Å². The minimum absolute atomic E-state index is 0.0974. The van der Waals surface area contributed by atoms with E-state index in [1.54, 1.807) is 34.3 Å². The first-order valence-electron chi connectivity index (χ1n) is 7.74. The molecule has 0 N–H and O–H groups in total. The topological polar surface area (TPSA) is 66.7 Å². The van der Waals surface area contributed by atoms with Crippen LogP contribution >= 0.6 is 0 Å². The highest BCUT2D eigenvalue weighted by Crippen LogP contribution is 2.42. The Labute approximate surface area is 133 Å². The Morgan fingerprint density at radius 2 is 2.09 bits per heavy atom. The Kier molecular flexibility index (Phi) is 3.18. The van der Waals surface area contributed by atoms with Crippen molar-refractivity contribution in [3.05, 3.63) is 48.7 Å². The summed E-state index contributed by atoms with van der Waals surface area (Å²) in [6.45, 7) is 1.72. The molecule has 2 aliphatic rings. The van der Waals surface area contributed by atoms with E-state index in [9.17, 15) is 9.59 Å². The van der Waals surface area contributed by atoms with Crippen molar-refractivity contribution in [1.82, 2.24) is 9.88 Å². The minimum atomic E-state index is -0.460.